The van der Waals surface area contributed by atoms with E-state index in [1.165, 1.54) is 17.0 Å². The van der Waals surface area contributed by atoms with Crippen LogP contribution in [0, 0.1) is 5.82 Å². The van der Waals surface area contributed by atoms with Crippen molar-refractivity contribution >= 4 is 40.1 Å². The number of hydrogen-bond donors (Lipinski definition) is 3. The number of halogens is 1. The summed E-state index contributed by atoms with van der Waals surface area (Å²) in [6.07, 6.45) is 0. The van der Waals surface area contributed by atoms with Gasteiger partial charge in [-0.2, -0.15) is 0 Å². The van der Waals surface area contributed by atoms with Crippen molar-refractivity contribution in [1.29, 1.82) is 0 Å². The van der Waals surface area contributed by atoms with Gasteiger partial charge in [-0.1, -0.05) is 30.3 Å². The number of benzene rings is 3. The minimum absolute atomic E-state index is 0.322. The Kier molecular flexibility index (Phi) is 5.51. The number of anilines is 3. The van der Waals surface area contributed by atoms with E-state index in [1.807, 2.05) is 30.3 Å². The molecule has 1 heterocycles. The zero-order valence-electron chi connectivity index (χ0n) is 16.7. The fraction of sp³-hybridized carbons (Fsp3) is 0.0833. The average molecular weight is 417 g/mol. The van der Waals surface area contributed by atoms with E-state index in [4.69, 9.17) is 5.11 Å². The maximum atomic E-state index is 13.6. The Morgan fingerprint density at radius 1 is 1.06 bits per heavy atom. The largest absolute Gasteiger partial charge is 0.387 e. The van der Waals surface area contributed by atoms with Gasteiger partial charge in [-0.15, -0.1) is 0 Å². The van der Waals surface area contributed by atoms with Crippen LogP contribution in [0.3, 0.4) is 0 Å². The van der Waals surface area contributed by atoms with Crippen LogP contribution in [-0.2, 0) is 9.59 Å². The normalized spacial score (nSPS) is 14.0. The first-order valence-corrected chi connectivity index (χ1v) is 9.63. The molecule has 3 aromatic rings. The first-order valence-electron chi connectivity index (χ1n) is 9.63. The molecule has 1 aliphatic heterocycles. The van der Waals surface area contributed by atoms with Gasteiger partial charge in [0.05, 0.1) is 17.0 Å². The molecule has 0 radical (unpaired) electrons. The standard InChI is InChI=1S/C24H20FN3O3/c1-28(21(30)14-29)18-10-8-17(9-11-18)26-23(15-5-3-2-4-6-15)22-19-12-7-16(25)13-20(19)27-24(22)31/h2-13,26,29H,14H2,1H3,(H,27,31). The predicted molar refractivity (Wildman–Crippen MR) is 119 cm³/mol. The third-order valence-corrected chi connectivity index (χ3v) is 5.07. The first kappa shape index (κ1) is 20.3. The van der Waals surface area contributed by atoms with Crippen LogP contribution in [0.2, 0.25) is 0 Å². The molecule has 3 N–H and O–H groups in total. The zero-order chi connectivity index (χ0) is 22.0. The maximum absolute atomic E-state index is 13.6. The average Bonchev–Trinajstić information content (AvgIpc) is 3.11. The van der Waals surface area contributed by atoms with Crippen molar-refractivity contribution in [2.45, 2.75) is 0 Å². The minimum atomic E-state index is -0.574. The van der Waals surface area contributed by atoms with Crippen molar-refractivity contribution < 1.29 is 19.1 Å². The molecule has 0 bridgehead atoms. The lowest BCUT2D eigenvalue weighted by Crippen LogP contribution is -2.28. The number of fused-ring (bicyclic) bond motifs is 1. The molecule has 0 aliphatic carbocycles. The topological polar surface area (TPSA) is 81.7 Å². The van der Waals surface area contributed by atoms with Crippen molar-refractivity contribution in [2.75, 3.05) is 29.2 Å². The Morgan fingerprint density at radius 3 is 2.45 bits per heavy atom. The number of nitrogens with zero attached hydrogens (tertiary/aromatic N) is 1. The molecule has 0 saturated carbocycles. The molecule has 4 rings (SSSR count). The summed E-state index contributed by atoms with van der Waals surface area (Å²) >= 11 is 0. The van der Waals surface area contributed by atoms with Crippen LogP contribution >= 0.6 is 0 Å². The van der Waals surface area contributed by atoms with Crippen LogP contribution < -0.4 is 15.5 Å². The van der Waals surface area contributed by atoms with Crippen molar-refractivity contribution in [2.24, 2.45) is 0 Å². The van der Waals surface area contributed by atoms with Crippen molar-refractivity contribution in [3.05, 3.63) is 89.7 Å². The molecule has 0 saturated heterocycles. The quantitative estimate of drug-likeness (QED) is 0.553. The van der Waals surface area contributed by atoms with E-state index in [0.29, 0.717) is 33.9 Å². The number of hydrogen-bond acceptors (Lipinski definition) is 4. The van der Waals surface area contributed by atoms with Crippen LogP contribution in [-0.4, -0.2) is 30.6 Å². The van der Waals surface area contributed by atoms with Gasteiger partial charge in [0, 0.05) is 24.0 Å². The van der Waals surface area contributed by atoms with E-state index in [-0.39, 0.29) is 5.91 Å². The lowest BCUT2D eigenvalue weighted by Gasteiger charge is -2.18. The molecular formula is C24H20FN3O3. The Hall–Kier alpha value is -3.97. The Balaban J connectivity index is 1.76. The highest BCUT2D eigenvalue weighted by molar-refractivity contribution is 6.37. The second-order valence-corrected chi connectivity index (χ2v) is 7.04. The molecule has 156 valence electrons. The Labute approximate surface area is 178 Å². The SMILES string of the molecule is CN(C(=O)CO)c1ccc(NC(=C2C(=O)Nc3cc(F)ccc32)c2ccccc2)cc1. The second-order valence-electron chi connectivity index (χ2n) is 7.04. The highest BCUT2D eigenvalue weighted by Gasteiger charge is 2.28. The van der Waals surface area contributed by atoms with E-state index < -0.39 is 18.3 Å². The molecule has 2 amide bonds. The zero-order valence-corrected chi connectivity index (χ0v) is 16.7. The lowest BCUT2D eigenvalue weighted by molar-refractivity contribution is -0.121. The van der Waals surface area contributed by atoms with Gasteiger partial charge in [0.2, 0.25) is 0 Å². The Bertz CT molecular complexity index is 1170. The minimum Gasteiger partial charge on any atom is -0.387 e. The number of carbonyl (C=O) groups excluding carboxylic acids is 2. The van der Waals surface area contributed by atoms with Crippen molar-refractivity contribution in [3.63, 3.8) is 0 Å². The summed E-state index contributed by atoms with van der Waals surface area (Å²) in [4.78, 5) is 25.8. The molecular weight excluding hydrogens is 397 g/mol. The van der Waals surface area contributed by atoms with Gasteiger partial charge in [-0.05, 0) is 48.0 Å². The number of aliphatic hydroxyl groups is 1. The summed E-state index contributed by atoms with van der Waals surface area (Å²) in [6, 6.07) is 20.6. The van der Waals surface area contributed by atoms with E-state index in [1.54, 1.807) is 37.4 Å². The molecule has 6 nitrogen and oxygen atoms in total. The molecule has 3 aromatic carbocycles. The lowest BCUT2D eigenvalue weighted by atomic mass is 10.00. The molecule has 0 unspecified atom stereocenters. The summed E-state index contributed by atoms with van der Waals surface area (Å²) in [5.41, 5.74) is 4.15. The molecule has 31 heavy (non-hydrogen) atoms. The fourth-order valence-electron chi connectivity index (χ4n) is 3.44. The van der Waals surface area contributed by atoms with E-state index in [9.17, 15) is 14.0 Å². The summed E-state index contributed by atoms with van der Waals surface area (Å²) in [6.45, 7) is -0.574. The number of aliphatic hydroxyl groups excluding tert-OH is 1. The molecule has 0 fully saturated rings. The van der Waals surface area contributed by atoms with E-state index >= 15 is 0 Å². The van der Waals surface area contributed by atoms with Crippen LogP contribution in [0.1, 0.15) is 11.1 Å². The van der Waals surface area contributed by atoms with Crippen LogP contribution in [0.15, 0.2) is 72.8 Å². The van der Waals surface area contributed by atoms with Crippen LogP contribution in [0.25, 0.3) is 11.3 Å². The summed E-state index contributed by atoms with van der Waals surface area (Å²) in [7, 11) is 1.58. The van der Waals surface area contributed by atoms with Crippen molar-refractivity contribution in [3.8, 4) is 0 Å². The maximum Gasteiger partial charge on any atom is 0.258 e. The van der Waals surface area contributed by atoms with E-state index in [0.717, 1.165) is 5.56 Å². The van der Waals surface area contributed by atoms with Gasteiger partial charge in [0.1, 0.15) is 12.4 Å². The van der Waals surface area contributed by atoms with Gasteiger partial charge in [-0.25, -0.2) is 4.39 Å². The van der Waals surface area contributed by atoms with Crippen LogP contribution in [0.4, 0.5) is 21.5 Å². The number of rotatable bonds is 5. The molecule has 0 spiro atoms. The number of carbonyl (C=O) groups is 2. The number of likely N-dealkylation sites (N-methyl/N-ethyl adjacent to an activating group) is 1. The molecule has 7 heteroatoms. The number of nitrogens with one attached hydrogen (secondary N) is 2. The second kappa shape index (κ2) is 8.41. The van der Waals surface area contributed by atoms with Gasteiger partial charge >= 0.3 is 0 Å². The number of amides is 2. The van der Waals surface area contributed by atoms with Crippen LogP contribution in [0.5, 0.6) is 0 Å². The first-order chi connectivity index (χ1) is 15.0. The molecule has 0 atom stereocenters. The Morgan fingerprint density at radius 2 is 1.77 bits per heavy atom. The third-order valence-electron chi connectivity index (χ3n) is 5.07. The summed E-state index contributed by atoms with van der Waals surface area (Å²) < 4.78 is 13.6. The van der Waals surface area contributed by atoms with Gasteiger partial charge in [-0.3, -0.25) is 9.59 Å². The van der Waals surface area contributed by atoms with Crippen molar-refractivity contribution in [1.82, 2.24) is 0 Å². The summed E-state index contributed by atoms with van der Waals surface area (Å²) in [5, 5.41) is 15.1. The monoisotopic (exact) mass is 417 g/mol. The molecule has 1 aliphatic rings. The summed E-state index contributed by atoms with van der Waals surface area (Å²) in [5.74, 6) is -1.16. The predicted octanol–water partition coefficient (Wildman–Crippen LogP) is 3.71. The van der Waals surface area contributed by atoms with Gasteiger partial charge in [0.15, 0.2) is 0 Å². The molecule has 0 aromatic heterocycles. The van der Waals surface area contributed by atoms with E-state index in [2.05, 4.69) is 10.6 Å². The smallest absolute Gasteiger partial charge is 0.258 e. The van der Waals surface area contributed by atoms with Gasteiger partial charge in [0.25, 0.3) is 11.8 Å². The highest BCUT2D eigenvalue weighted by Crippen LogP contribution is 2.38. The fourth-order valence-corrected chi connectivity index (χ4v) is 3.44. The highest BCUT2D eigenvalue weighted by atomic mass is 19.1. The third kappa shape index (κ3) is 4.04. The van der Waals surface area contributed by atoms with Gasteiger partial charge < -0.3 is 20.6 Å².